The zero-order valence-corrected chi connectivity index (χ0v) is 11.1. The van der Waals surface area contributed by atoms with Crippen LogP contribution in [-0.4, -0.2) is 16.9 Å². The largest absolute Gasteiger partial charge is 0.416 e. The highest BCUT2D eigenvalue weighted by Gasteiger charge is 2.30. The lowest BCUT2D eigenvalue weighted by Gasteiger charge is -2.25. The predicted octanol–water partition coefficient (Wildman–Crippen LogP) is 4.31. The second-order valence-electron chi connectivity index (χ2n) is 4.94. The lowest BCUT2D eigenvalue weighted by Crippen LogP contribution is -2.22. The molecular weight excluding hydrogens is 277 g/mol. The number of nitrogens with zero attached hydrogens (tertiary/aromatic N) is 1. The Hall–Kier alpha value is -0.970. The zero-order chi connectivity index (χ0) is 13.9. The number of hydrogen-bond donors (Lipinski definition) is 1. The van der Waals surface area contributed by atoms with Gasteiger partial charge in [0.15, 0.2) is 0 Å². The number of rotatable bonds is 3. The Morgan fingerprint density at radius 1 is 1.37 bits per heavy atom. The summed E-state index contributed by atoms with van der Waals surface area (Å²) in [6, 6.07) is 2.02. The summed E-state index contributed by atoms with van der Waals surface area (Å²) in [5.41, 5.74) is -0.677. The molecule has 106 valence electrons. The van der Waals surface area contributed by atoms with E-state index in [9.17, 15) is 13.2 Å². The van der Waals surface area contributed by atoms with Gasteiger partial charge in [-0.25, -0.2) is 4.98 Å². The highest BCUT2D eigenvalue weighted by molar-refractivity contribution is 6.20. The van der Waals surface area contributed by atoms with E-state index in [1.807, 2.05) is 0 Å². The van der Waals surface area contributed by atoms with Crippen molar-refractivity contribution in [2.75, 3.05) is 11.9 Å². The summed E-state index contributed by atoms with van der Waals surface area (Å²) >= 11 is 6.09. The van der Waals surface area contributed by atoms with Crippen LogP contribution in [0.5, 0.6) is 0 Å². The van der Waals surface area contributed by atoms with Crippen LogP contribution in [0.4, 0.5) is 19.0 Å². The molecule has 0 saturated heterocycles. The Labute approximate surface area is 115 Å². The summed E-state index contributed by atoms with van der Waals surface area (Å²) in [6.07, 6.45) is 0.931. The zero-order valence-electron chi connectivity index (χ0n) is 10.4. The molecule has 1 saturated carbocycles. The van der Waals surface area contributed by atoms with E-state index in [0.29, 0.717) is 12.5 Å². The van der Waals surface area contributed by atoms with Crippen LogP contribution >= 0.6 is 11.6 Å². The monoisotopic (exact) mass is 292 g/mol. The molecule has 2 nitrogen and oxygen atoms in total. The summed E-state index contributed by atoms with van der Waals surface area (Å²) in [4.78, 5) is 3.91. The second-order valence-corrected chi connectivity index (χ2v) is 5.56. The van der Waals surface area contributed by atoms with Gasteiger partial charge >= 0.3 is 6.18 Å². The van der Waals surface area contributed by atoms with Gasteiger partial charge in [-0.3, -0.25) is 0 Å². The molecule has 0 aliphatic heterocycles. The van der Waals surface area contributed by atoms with Crippen LogP contribution in [0.15, 0.2) is 18.3 Å². The number of pyridine rings is 1. The lowest BCUT2D eigenvalue weighted by atomic mass is 9.89. The number of nitrogens with one attached hydrogen (secondary N) is 1. The van der Waals surface area contributed by atoms with Crippen molar-refractivity contribution in [1.82, 2.24) is 4.98 Å². The normalized spacial score (nSPS) is 24.2. The van der Waals surface area contributed by atoms with Crippen molar-refractivity contribution in [1.29, 1.82) is 0 Å². The second kappa shape index (κ2) is 5.99. The first-order valence-electron chi connectivity index (χ1n) is 6.36. The van der Waals surface area contributed by atoms with E-state index in [2.05, 4.69) is 10.3 Å². The van der Waals surface area contributed by atoms with Gasteiger partial charge in [-0.05, 0) is 37.3 Å². The van der Waals surface area contributed by atoms with Crippen molar-refractivity contribution in [3.63, 3.8) is 0 Å². The summed E-state index contributed by atoms with van der Waals surface area (Å²) in [6.45, 7) is 0.623. The van der Waals surface area contributed by atoms with Crippen molar-refractivity contribution in [3.8, 4) is 0 Å². The number of hydrogen-bond acceptors (Lipinski definition) is 2. The van der Waals surface area contributed by atoms with E-state index in [1.165, 1.54) is 6.20 Å². The molecule has 2 atom stereocenters. The molecule has 0 radical (unpaired) electrons. The predicted molar refractivity (Wildman–Crippen MR) is 69.3 cm³/mol. The van der Waals surface area contributed by atoms with Crippen LogP contribution in [0.3, 0.4) is 0 Å². The Morgan fingerprint density at radius 2 is 2.16 bits per heavy atom. The minimum atomic E-state index is -4.33. The van der Waals surface area contributed by atoms with Crippen molar-refractivity contribution < 1.29 is 13.2 Å². The number of anilines is 1. The number of alkyl halides is 4. The molecular formula is C13H16ClF3N2. The minimum absolute atomic E-state index is 0.190. The summed E-state index contributed by atoms with van der Waals surface area (Å²) < 4.78 is 37.6. The Kier molecular flexibility index (Phi) is 4.55. The molecule has 0 aromatic carbocycles. The molecule has 2 rings (SSSR count). The van der Waals surface area contributed by atoms with Gasteiger partial charge in [0.2, 0.25) is 0 Å². The number of aromatic nitrogens is 1. The van der Waals surface area contributed by atoms with E-state index < -0.39 is 11.7 Å². The van der Waals surface area contributed by atoms with Crippen LogP contribution in [0.1, 0.15) is 31.2 Å². The van der Waals surface area contributed by atoms with E-state index in [0.717, 1.165) is 37.8 Å². The molecule has 1 N–H and O–H groups in total. The maximum atomic E-state index is 12.5. The van der Waals surface area contributed by atoms with Crippen molar-refractivity contribution in [2.45, 2.75) is 37.2 Å². The molecule has 0 amide bonds. The first-order valence-corrected chi connectivity index (χ1v) is 6.80. The number of halogens is 4. The maximum Gasteiger partial charge on any atom is 0.416 e. The molecule has 1 aromatic heterocycles. The van der Waals surface area contributed by atoms with Gasteiger partial charge in [0.05, 0.1) is 5.56 Å². The third-order valence-electron chi connectivity index (χ3n) is 3.38. The van der Waals surface area contributed by atoms with Gasteiger partial charge in [0.25, 0.3) is 0 Å². The van der Waals surface area contributed by atoms with Crippen LogP contribution in [0.2, 0.25) is 0 Å². The maximum absolute atomic E-state index is 12.5. The molecule has 6 heteroatoms. The van der Waals surface area contributed by atoms with Crippen LogP contribution in [0, 0.1) is 5.92 Å². The summed E-state index contributed by atoms with van der Waals surface area (Å²) in [5, 5.41) is 3.17. The third kappa shape index (κ3) is 4.27. The van der Waals surface area contributed by atoms with E-state index in [4.69, 9.17) is 11.6 Å². The first kappa shape index (κ1) is 14.4. The Balaban J connectivity index is 1.92. The van der Waals surface area contributed by atoms with Gasteiger partial charge < -0.3 is 5.32 Å². The minimum Gasteiger partial charge on any atom is -0.370 e. The molecule has 19 heavy (non-hydrogen) atoms. The molecule has 0 bridgehead atoms. The Morgan fingerprint density at radius 3 is 2.84 bits per heavy atom. The summed E-state index contributed by atoms with van der Waals surface area (Å²) in [5.74, 6) is 0.680. The van der Waals surface area contributed by atoms with E-state index in [-0.39, 0.29) is 11.2 Å². The van der Waals surface area contributed by atoms with E-state index in [1.54, 1.807) is 0 Å². The first-order chi connectivity index (χ1) is 8.95. The molecule has 1 aliphatic rings. The van der Waals surface area contributed by atoms with Crippen LogP contribution in [0.25, 0.3) is 0 Å². The average molecular weight is 293 g/mol. The van der Waals surface area contributed by atoms with Gasteiger partial charge in [-0.15, -0.1) is 11.6 Å². The molecule has 1 aromatic rings. The van der Waals surface area contributed by atoms with Gasteiger partial charge in [-0.2, -0.15) is 13.2 Å². The molecule has 2 unspecified atom stereocenters. The quantitative estimate of drug-likeness (QED) is 0.840. The highest BCUT2D eigenvalue weighted by Crippen LogP contribution is 2.31. The third-order valence-corrected chi connectivity index (χ3v) is 3.77. The molecule has 1 fully saturated rings. The fourth-order valence-corrected chi connectivity index (χ4v) is 2.77. The van der Waals surface area contributed by atoms with Crippen LogP contribution in [-0.2, 0) is 6.18 Å². The SMILES string of the molecule is FC(F)(F)c1ccnc(NCC2CCCC(Cl)C2)c1. The van der Waals surface area contributed by atoms with Gasteiger partial charge in [-0.1, -0.05) is 6.42 Å². The summed E-state index contributed by atoms with van der Waals surface area (Å²) in [7, 11) is 0. The van der Waals surface area contributed by atoms with Gasteiger partial charge in [0.1, 0.15) is 5.82 Å². The lowest BCUT2D eigenvalue weighted by molar-refractivity contribution is -0.137. The van der Waals surface area contributed by atoms with Crippen LogP contribution < -0.4 is 5.32 Å². The van der Waals surface area contributed by atoms with Crippen molar-refractivity contribution >= 4 is 17.4 Å². The standard InChI is InChI=1S/C13H16ClF3N2/c14-11-3-1-2-9(6-11)8-19-12-7-10(4-5-18-12)13(15,16)17/h4-5,7,9,11H,1-3,6,8H2,(H,18,19). The van der Waals surface area contributed by atoms with Crippen molar-refractivity contribution in [3.05, 3.63) is 23.9 Å². The topological polar surface area (TPSA) is 24.9 Å². The highest BCUT2D eigenvalue weighted by atomic mass is 35.5. The molecule has 1 aliphatic carbocycles. The molecule has 0 spiro atoms. The molecule has 1 heterocycles. The smallest absolute Gasteiger partial charge is 0.370 e. The van der Waals surface area contributed by atoms with Gasteiger partial charge in [0, 0.05) is 18.1 Å². The fraction of sp³-hybridized carbons (Fsp3) is 0.615. The average Bonchev–Trinajstić information content (AvgIpc) is 2.36. The van der Waals surface area contributed by atoms with E-state index >= 15 is 0 Å². The Bertz CT molecular complexity index is 423. The van der Waals surface area contributed by atoms with Crippen molar-refractivity contribution in [2.24, 2.45) is 5.92 Å². The fourth-order valence-electron chi connectivity index (χ4n) is 2.36.